The average molecular weight is 453 g/mol. The molecule has 1 amide bonds. The predicted molar refractivity (Wildman–Crippen MR) is 110 cm³/mol. The lowest BCUT2D eigenvalue weighted by molar-refractivity contribution is -0.127. The molecule has 2 aliphatic rings. The standard InChI is InChI=1S/C16H25ClN6O3S.ClH/c1-13-10-16(24)23(27(25,26)20-13)5-3-2-4-21-6-8-22(9-7-21)15-12-18-11-14(17)19-15;/h11-13,20H,2-10H2,1H3;1H. The zero-order chi connectivity index (χ0) is 19.4. The van der Waals surface area contributed by atoms with Gasteiger partial charge in [0.2, 0.25) is 5.91 Å². The molecule has 2 saturated heterocycles. The van der Waals surface area contributed by atoms with Crippen LogP contribution in [-0.4, -0.2) is 78.8 Å². The van der Waals surface area contributed by atoms with Gasteiger partial charge in [-0.2, -0.15) is 13.1 Å². The molecular weight excluding hydrogens is 427 g/mol. The highest BCUT2D eigenvalue weighted by Gasteiger charge is 2.34. The van der Waals surface area contributed by atoms with Gasteiger partial charge >= 0.3 is 10.2 Å². The Bertz CT molecular complexity index is 773. The molecule has 1 unspecified atom stereocenters. The van der Waals surface area contributed by atoms with Crippen molar-refractivity contribution in [3.8, 4) is 0 Å². The summed E-state index contributed by atoms with van der Waals surface area (Å²) < 4.78 is 27.6. The second-order valence-electron chi connectivity index (χ2n) is 6.93. The van der Waals surface area contributed by atoms with Crippen LogP contribution in [0, 0.1) is 0 Å². The molecule has 0 spiro atoms. The minimum absolute atomic E-state index is 0. The van der Waals surface area contributed by atoms with E-state index >= 15 is 0 Å². The topological polar surface area (TPSA) is 98.7 Å². The number of carbonyl (C=O) groups excluding carboxylic acids is 1. The fourth-order valence-corrected chi connectivity index (χ4v) is 4.95. The highest BCUT2D eigenvalue weighted by Crippen LogP contribution is 2.16. The Morgan fingerprint density at radius 1 is 1.18 bits per heavy atom. The molecule has 0 saturated carbocycles. The predicted octanol–water partition coefficient (Wildman–Crippen LogP) is 0.909. The van der Waals surface area contributed by atoms with Crippen LogP contribution in [0.1, 0.15) is 26.2 Å². The number of unbranched alkanes of at least 4 members (excludes halogenated alkanes) is 1. The highest BCUT2D eigenvalue weighted by molar-refractivity contribution is 7.87. The van der Waals surface area contributed by atoms with Gasteiger partial charge in [-0.05, 0) is 26.3 Å². The Kier molecular flexibility index (Phi) is 8.26. The van der Waals surface area contributed by atoms with Crippen LogP contribution in [0.2, 0.25) is 5.15 Å². The van der Waals surface area contributed by atoms with E-state index in [0.29, 0.717) is 11.6 Å². The largest absolute Gasteiger partial charge is 0.353 e. The number of amides is 1. The van der Waals surface area contributed by atoms with Crippen LogP contribution < -0.4 is 9.62 Å². The Hall–Kier alpha value is -1.20. The van der Waals surface area contributed by atoms with E-state index in [1.807, 2.05) is 0 Å². The number of nitrogens with zero attached hydrogens (tertiary/aromatic N) is 5. The Morgan fingerprint density at radius 2 is 1.86 bits per heavy atom. The van der Waals surface area contributed by atoms with Crippen LogP contribution in [0.15, 0.2) is 12.4 Å². The number of hydrogen-bond donors (Lipinski definition) is 1. The van der Waals surface area contributed by atoms with E-state index in [1.165, 1.54) is 6.20 Å². The summed E-state index contributed by atoms with van der Waals surface area (Å²) in [5.74, 6) is 0.468. The van der Waals surface area contributed by atoms with Crippen LogP contribution in [0.3, 0.4) is 0 Å². The molecule has 0 bridgehead atoms. The van der Waals surface area contributed by atoms with E-state index in [0.717, 1.165) is 49.3 Å². The monoisotopic (exact) mass is 452 g/mol. The molecule has 0 aromatic carbocycles. The molecule has 158 valence electrons. The first-order chi connectivity index (χ1) is 12.8. The highest BCUT2D eigenvalue weighted by atomic mass is 35.5. The van der Waals surface area contributed by atoms with Crippen molar-refractivity contribution in [3.05, 3.63) is 17.5 Å². The van der Waals surface area contributed by atoms with Crippen molar-refractivity contribution in [2.45, 2.75) is 32.2 Å². The number of aromatic nitrogens is 2. The lowest BCUT2D eigenvalue weighted by atomic mass is 10.2. The molecule has 1 atom stereocenters. The molecule has 0 radical (unpaired) electrons. The van der Waals surface area contributed by atoms with Crippen molar-refractivity contribution in [2.24, 2.45) is 0 Å². The fourth-order valence-electron chi connectivity index (χ4n) is 3.38. The Labute approximate surface area is 177 Å². The number of rotatable bonds is 6. The number of piperazine rings is 1. The first kappa shape index (κ1) is 23.1. The minimum atomic E-state index is -3.68. The summed E-state index contributed by atoms with van der Waals surface area (Å²) in [5.41, 5.74) is 0. The molecule has 28 heavy (non-hydrogen) atoms. The van der Waals surface area contributed by atoms with Gasteiger partial charge in [-0.25, -0.2) is 9.29 Å². The van der Waals surface area contributed by atoms with Crippen molar-refractivity contribution in [3.63, 3.8) is 0 Å². The summed E-state index contributed by atoms with van der Waals surface area (Å²) in [7, 11) is -3.68. The number of halogens is 2. The maximum absolute atomic E-state index is 12.1. The third kappa shape index (κ3) is 5.90. The molecule has 2 aliphatic heterocycles. The Morgan fingerprint density at radius 3 is 2.50 bits per heavy atom. The average Bonchev–Trinajstić information content (AvgIpc) is 2.60. The summed E-state index contributed by atoms with van der Waals surface area (Å²) in [6.07, 6.45) is 4.94. The molecule has 1 aromatic rings. The van der Waals surface area contributed by atoms with Gasteiger partial charge in [-0.3, -0.25) is 14.7 Å². The first-order valence-electron chi connectivity index (χ1n) is 9.13. The van der Waals surface area contributed by atoms with Crippen LogP contribution in [0.4, 0.5) is 5.82 Å². The maximum atomic E-state index is 12.1. The summed E-state index contributed by atoms with van der Waals surface area (Å²) in [6, 6.07) is -0.334. The first-order valence-corrected chi connectivity index (χ1v) is 10.9. The third-order valence-corrected chi connectivity index (χ3v) is 6.62. The molecule has 3 rings (SSSR count). The van der Waals surface area contributed by atoms with Gasteiger partial charge < -0.3 is 4.90 Å². The molecule has 3 heterocycles. The number of nitrogens with one attached hydrogen (secondary N) is 1. The van der Waals surface area contributed by atoms with E-state index in [1.54, 1.807) is 13.1 Å². The van der Waals surface area contributed by atoms with E-state index in [4.69, 9.17) is 11.6 Å². The smallest absolute Gasteiger partial charge is 0.303 e. The van der Waals surface area contributed by atoms with Crippen molar-refractivity contribution in [1.29, 1.82) is 0 Å². The molecule has 0 aliphatic carbocycles. The maximum Gasteiger partial charge on any atom is 0.303 e. The third-order valence-electron chi connectivity index (χ3n) is 4.77. The second kappa shape index (κ2) is 10.0. The summed E-state index contributed by atoms with van der Waals surface area (Å²) >= 11 is 5.89. The SMILES string of the molecule is CC1CC(=O)N(CCCCN2CCN(c3cncc(Cl)n3)CC2)S(=O)(=O)N1.Cl. The van der Waals surface area contributed by atoms with E-state index in [2.05, 4.69) is 24.5 Å². The van der Waals surface area contributed by atoms with Gasteiger partial charge in [0.05, 0.1) is 12.4 Å². The van der Waals surface area contributed by atoms with Gasteiger partial charge in [0.15, 0.2) is 0 Å². The van der Waals surface area contributed by atoms with Gasteiger partial charge in [0.1, 0.15) is 11.0 Å². The molecule has 1 N–H and O–H groups in total. The molecular formula is C16H26Cl2N6O3S. The van der Waals surface area contributed by atoms with E-state index < -0.39 is 10.2 Å². The van der Waals surface area contributed by atoms with Crippen LogP contribution in [0.5, 0.6) is 0 Å². The van der Waals surface area contributed by atoms with Crippen molar-refractivity contribution in [1.82, 2.24) is 23.9 Å². The molecule has 12 heteroatoms. The fraction of sp³-hybridized carbons (Fsp3) is 0.688. The lowest BCUT2D eigenvalue weighted by Crippen LogP contribution is -2.54. The molecule has 9 nitrogen and oxygen atoms in total. The summed E-state index contributed by atoms with van der Waals surface area (Å²) in [4.78, 5) is 24.8. The van der Waals surface area contributed by atoms with E-state index in [-0.39, 0.29) is 37.3 Å². The van der Waals surface area contributed by atoms with Crippen LogP contribution in [0.25, 0.3) is 0 Å². The summed E-state index contributed by atoms with van der Waals surface area (Å²) in [6.45, 7) is 6.29. The minimum Gasteiger partial charge on any atom is -0.353 e. The summed E-state index contributed by atoms with van der Waals surface area (Å²) in [5, 5.41) is 0.390. The number of hydrogen-bond acceptors (Lipinski definition) is 7. The zero-order valence-corrected chi connectivity index (χ0v) is 18.1. The quantitative estimate of drug-likeness (QED) is 0.640. The number of carbonyl (C=O) groups is 1. The second-order valence-corrected chi connectivity index (χ2v) is 8.94. The van der Waals surface area contributed by atoms with Crippen LogP contribution in [-0.2, 0) is 15.0 Å². The number of anilines is 1. The van der Waals surface area contributed by atoms with Gasteiger partial charge in [-0.15, -0.1) is 12.4 Å². The van der Waals surface area contributed by atoms with Crippen molar-refractivity contribution >= 4 is 45.9 Å². The van der Waals surface area contributed by atoms with Gasteiger partial charge in [0.25, 0.3) is 0 Å². The normalized spacial score (nSPS) is 22.8. The molecule has 2 fully saturated rings. The van der Waals surface area contributed by atoms with Crippen LogP contribution >= 0.6 is 24.0 Å². The van der Waals surface area contributed by atoms with Gasteiger partial charge in [-0.1, -0.05) is 11.6 Å². The van der Waals surface area contributed by atoms with Crippen molar-refractivity contribution < 1.29 is 13.2 Å². The van der Waals surface area contributed by atoms with Crippen molar-refractivity contribution in [2.75, 3.05) is 44.2 Å². The molecule has 1 aromatic heterocycles. The van der Waals surface area contributed by atoms with Gasteiger partial charge in [0, 0.05) is 45.2 Å². The Balaban J connectivity index is 0.00000280. The van der Waals surface area contributed by atoms with E-state index in [9.17, 15) is 13.2 Å². The zero-order valence-electron chi connectivity index (χ0n) is 15.8. The lowest BCUT2D eigenvalue weighted by Gasteiger charge is -2.35.